The average Bonchev–Trinajstić information content (AvgIpc) is 2.59. The van der Waals surface area contributed by atoms with Crippen LogP contribution >= 0.6 is 11.6 Å². The number of rotatable bonds is 5. The minimum absolute atomic E-state index is 0.0605. The van der Waals surface area contributed by atoms with Gasteiger partial charge >= 0.3 is 5.69 Å². The highest BCUT2D eigenvalue weighted by atomic mass is 35.5. The van der Waals surface area contributed by atoms with Crippen molar-refractivity contribution in [3.05, 3.63) is 75.1 Å². The Morgan fingerprint density at radius 3 is 2.27 bits per heavy atom. The monoisotopic (exact) mass is 369 g/mol. The molecule has 0 radical (unpaired) electrons. The first-order chi connectivity index (χ1) is 12.5. The van der Waals surface area contributed by atoms with Gasteiger partial charge in [-0.1, -0.05) is 41.4 Å². The zero-order valence-corrected chi connectivity index (χ0v) is 14.9. The van der Waals surface area contributed by atoms with E-state index in [-0.39, 0.29) is 17.3 Å². The molecule has 132 valence electrons. The molecule has 0 bridgehead atoms. The van der Waals surface area contributed by atoms with E-state index in [1.54, 1.807) is 24.3 Å². The van der Waals surface area contributed by atoms with Crippen LogP contribution in [0.25, 0.3) is 0 Å². The van der Waals surface area contributed by atoms with Crippen LogP contribution in [0, 0.1) is 24.0 Å². The number of nitrogens with zero attached hydrogens (tertiary/aromatic N) is 3. The number of halogens is 1. The van der Waals surface area contributed by atoms with Gasteiger partial charge in [-0.15, -0.1) is 0 Å². The number of aromatic nitrogens is 2. The van der Waals surface area contributed by atoms with Crippen molar-refractivity contribution in [2.75, 3.05) is 10.6 Å². The molecule has 7 nitrogen and oxygen atoms in total. The summed E-state index contributed by atoms with van der Waals surface area (Å²) in [6.07, 6.45) is 1.26. The number of hydrogen-bond acceptors (Lipinski definition) is 6. The lowest BCUT2D eigenvalue weighted by atomic mass is 10.1. The predicted molar refractivity (Wildman–Crippen MR) is 103 cm³/mol. The Morgan fingerprint density at radius 2 is 1.65 bits per heavy atom. The lowest BCUT2D eigenvalue weighted by Gasteiger charge is -2.12. The third-order valence-electron chi connectivity index (χ3n) is 3.77. The molecule has 2 N–H and O–H groups in total. The zero-order chi connectivity index (χ0) is 18.7. The van der Waals surface area contributed by atoms with E-state index < -0.39 is 4.92 Å². The Morgan fingerprint density at radius 1 is 1.00 bits per heavy atom. The number of benzene rings is 2. The smallest absolute Gasteiger partial charge is 0.334 e. The first-order valence-electron chi connectivity index (χ1n) is 7.81. The predicted octanol–water partition coefficient (Wildman–Crippen LogP) is 5.14. The molecular weight excluding hydrogens is 354 g/mol. The molecule has 26 heavy (non-hydrogen) atoms. The molecule has 0 saturated carbocycles. The number of nitro groups is 1. The summed E-state index contributed by atoms with van der Waals surface area (Å²) in [6, 6.07) is 12.7. The first kappa shape index (κ1) is 17.6. The van der Waals surface area contributed by atoms with Crippen LogP contribution in [-0.2, 0) is 0 Å². The van der Waals surface area contributed by atoms with Crippen molar-refractivity contribution in [2.45, 2.75) is 13.8 Å². The molecule has 2 aromatic carbocycles. The van der Waals surface area contributed by atoms with Gasteiger partial charge in [-0.25, -0.2) is 9.97 Å². The van der Waals surface area contributed by atoms with Gasteiger partial charge in [0.25, 0.3) is 0 Å². The molecule has 0 aliphatic carbocycles. The molecule has 0 spiro atoms. The number of anilines is 4. The van der Waals surface area contributed by atoms with Crippen molar-refractivity contribution in [1.29, 1.82) is 0 Å². The Bertz CT molecular complexity index is 978. The summed E-state index contributed by atoms with van der Waals surface area (Å²) < 4.78 is 0. The van der Waals surface area contributed by atoms with Gasteiger partial charge in [0.1, 0.15) is 6.33 Å². The normalized spacial score (nSPS) is 10.4. The van der Waals surface area contributed by atoms with Gasteiger partial charge in [-0.05, 0) is 37.6 Å². The van der Waals surface area contributed by atoms with Crippen LogP contribution in [0.15, 0.2) is 48.8 Å². The van der Waals surface area contributed by atoms with Crippen LogP contribution in [0.2, 0.25) is 5.02 Å². The molecule has 0 unspecified atom stereocenters. The second-order valence-electron chi connectivity index (χ2n) is 5.72. The molecule has 3 rings (SSSR count). The summed E-state index contributed by atoms with van der Waals surface area (Å²) >= 11 is 6.12. The molecule has 0 amide bonds. The fourth-order valence-electron chi connectivity index (χ4n) is 2.51. The molecule has 8 heteroatoms. The van der Waals surface area contributed by atoms with Crippen molar-refractivity contribution in [3.63, 3.8) is 0 Å². The molecule has 0 fully saturated rings. The van der Waals surface area contributed by atoms with E-state index in [9.17, 15) is 10.1 Å². The van der Waals surface area contributed by atoms with Crippen LogP contribution in [0.5, 0.6) is 0 Å². The number of nitrogens with one attached hydrogen (secondary N) is 2. The quantitative estimate of drug-likeness (QED) is 0.477. The Labute approximate surface area is 155 Å². The highest BCUT2D eigenvalue weighted by molar-refractivity contribution is 6.33. The highest BCUT2D eigenvalue weighted by Gasteiger charge is 2.24. The largest absolute Gasteiger partial charge is 0.353 e. The van der Waals surface area contributed by atoms with E-state index in [4.69, 9.17) is 11.6 Å². The summed E-state index contributed by atoms with van der Waals surface area (Å²) in [5, 5.41) is 18.0. The topological polar surface area (TPSA) is 93.0 Å². The Kier molecular flexibility index (Phi) is 4.99. The van der Waals surface area contributed by atoms with Gasteiger partial charge in [-0.3, -0.25) is 10.1 Å². The minimum Gasteiger partial charge on any atom is -0.334 e. The van der Waals surface area contributed by atoms with E-state index in [0.717, 1.165) is 16.8 Å². The molecule has 0 atom stereocenters. The average molecular weight is 370 g/mol. The second-order valence-corrected chi connectivity index (χ2v) is 6.13. The van der Waals surface area contributed by atoms with Crippen molar-refractivity contribution in [1.82, 2.24) is 9.97 Å². The maximum absolute atomic E-state index is 11.7. The molecule has 1 aromatic heterocycles. The summed E-state index contributed by atoms with van der Waals surface area (Å²) in [4.78, 5) is 19.2. The van der Waals surface area contributed by atoms with Gasteiger partial charge in [-0.2, -0.15) is 0 Å². The van der Waals surface area contributed by atoms with Gasteiger partial charge in [0.05, 0.1) is 15.6 Å². The third kappa shape index (κ3) is 3.73. The van der Waals surface area contributed by atoms with E-state index >= 15 is 0 Å². The molecule has 0 aliphatic heterocycles. The lowest BCUT2D eigenvalue weighted by molar-refractivity contribution is -0.383. The Hall–Kier alpha value is -3.19. The zero-order valence-electron chi connectivity index (χ0n) is 14.2. The molecule has 1 heterocycles. The maximum Gasteiger partial charge on any atom is 0.353 e. The van der Waals surface area contributed by atoms with Crippen molar-refractivity contribution < 1.29 is 4.92 Å². The summed E-state index contributed by atoms with van der Waals surface area (Å²) in [6.45, 7) is 3.90. The van der Waals surface area contributed by atoms with E-state index in [1.165, 1.54) is 6.33 Å². The van der Waals surface area contributed by atoms with Gasteiger partial charge in [0.15, 0.2) is 0 Å². The standard InChI is InChI=1S/C18H16ClN5O2/c1-11-7-8-14(12(2)9-11)22-17-16(24(25)26)18(21-10-20-17)23-15-6-4-3-5-13(15)19/h3-10H,1-2H3,(H2,20,21,22,23). The molecule has 3 aromatic rings. The molecule has 0 aliphatic rings. The summed E-state index contributed by atoms with van der Waals surface area (Å²) in [5.41, 5.74) is 3.06. The van der Waals surface area contributed by atoms with Crippen molar-refractivity contribution in [2.24, 2.45) is 0 Å². The van der Waals surface area contributed by atoms with Gasteiger partial charge < -0.3 is 10.6 Å². The lowest BCUT2D eigenvalue weighted by Crippen LogP contribution is -2.06. The van der Waals surface area contributed by atoms with Gasteiger partial charge in [0, 0.05) is 5.69 Å². The Balaban J connectivity index is 2.01. The molecular formula is C18H16ClN5O2. The summed E-state index contributed by atoms with van der Waals surface area (Å²) in [7, 11) is 0. The fraction of sp³-hybridized carbons (Fsp3) is 0.111. The van der Waals surface area contributed by atoms with Crippen LogP contribution < -0.4 is 10.6 Å². The maximum atomic E-state index is 11.7. The van der Waals surface area contributed by atoms with E-state index in [1.807, 2.05) is 32.0 Å². The SMILES string of the molecule is Cc1ccc(Nc2ncnc(Nc3ccccc3Cl)c2[N+](=O)[O-])c(C)c1. The van der Waals surface area contributed by atoms with Crippen LogP contribution in [0.1, 0.15) is 11.1 Å². The minimum atomic E-state index is -0.523. The van der Waals surface area contributed by atoms with E-state index in [2.05, 4.69) is 20.6 Å². The van der Waals surface area contributed by atoms with E-state index in [0.29, 0.717) is 10.7 Å². The van der Waals surface area contributed by atoms with Crippen LogP contribution in [0.3, 0.4) is 0 Å². The van der Waals surface area contributed by atoms with Crippen molar-refractivity contribution >= 4 is 40.3 Å². The molecule has 0 saturated heterocycles. The van der Waals surface area contributed by atoms with Crippen LogP contribution in [-0.4, -0.2) is 14.9 Å². The number of aryl methyl sites for hydroxylation is 2. The number of para-hydroxylation sites is 1. The fourth-order valence-corrected chi connectivity index (χ4v) is 2.69. The number of hydrogen-bond donors (Lipinski definition) is 2. The van der Waals surface area contributed by atoms with Crippen LogP contribution in [0.4, 0.5) is 28.7 Å². The summed E-state index contributed by atoms with van der Waals surface area (Å²) in [5.74, 6) is 0.164. The third-order valence-corrected chi connectivity index (χ3v) is 4.10. The van der Waals surface area contributed by atoms with Crippen molar-refractivity contribution in [3.8, 4) is 0 Å². The second kappa shape index (κ2) is 7.37. The highest BCUT2D eigenvalue weighted by Crippen LogP contribution is 2.35. The first-order valence-corrected chi connectivity index (χ1v) is 8.18. The van der Waals surface area contributed by atoms with Gasteiger partial charge in [0.2, 0.25) is 11.6 Å².